The third-order valence-corrected chi connectivity index (χ3v) is 2.26. The lowest BCUT2D eigenvalue weighted by atomic mass is 10.0. The second-order valence-corrected chi connectivity index (χ2v) is 3.41. The average molecular weight is 235 g/mol. The number of nitrogens with two attached hydrogens (primary N) is 2. The van der Waals surface area contributed by atoms with E-state index in [1.165, 1.54) is 0 Å². The van der Waals surface area contributed by atoms with Gasteiger partial charge in [-0.1, -0.05) is 11.6 Å². The normalized spacial score (nSPS) is 12.5. The lowest BCUT2D eigenvalue weighted by molar-refractivity contribution is -0.118. The molecule has 3 nitrogen and oxygen atoms in total. The number of amides is 1. The van der Waals surface area contributed by atoms with E-state index in [0.29, 0.717) is 0 Å². The van der Waals surface area contributed by atoms with E-state index in [9.17, 15) is 13.6 Å². The summed E-state index contributed by atoms with van der Waals surface area (Å²) in [5.74, 6) is -2.25. The van der Waals surface area contributed by atoms with E-state index in [0.717, 1.165) is 12.1 Å². The van der Waals surface area contributed by atoms with Crippen molar-refractivity contribution in [1.29, 1.82) is 0 Å². The third kappa shape index (κ3) is 2.64. The molecule has 1 amide bonds. The fraction of sp³-hybridized carbons (Fsp3) is 0.222. The van der Waals surface area contributed by atoms with Crippen LogP contribution in [0.5, 0.6) is 0 Å². The topological polar surface area (TPSA) is 69.1 Å². The largest absolute Gasteiger partial charge is 0.370 e. The van der Waals surface area contributed by atoms with Gasteiger partial charge in [0, 0.05) is 18.0 Å². The minimum atomic E-state index is -1.04. The number of halogens is 3. The highest BCUT2D eigenvalue weighted by Gasteiger charge is 2.19. The fourth-order valence-electron chi connectivity index (χ4n) is 1.20. The summed E-state index contributed by atoms with van der Waals surface area (Å²) in [4.78, 5) is 10.6. The molecular weight excluding hydrogens is 226 g/mol. The number of carbonyl (C=O) groups is 1. The predicted octanol–water partition coefficient (Wildman–Crippen LogP) is 1.49. The maximum absolute atomic E-state index is 13.2. The summed E-state index contributed by atoms with van der Waals surface area (Å²) < 4.78 is 26.2. The summed E-state index contributed by atoms with van der Waals surface area (Å²) in [6, 6.07) is 0.751. The van der Waals surface area contributed by atoms with Gasteiger partial charge in [-0.15, -0.1) is 0 Å². The smallest absolute Gasteiger partial charge is 0.219 e. The first-order valence-corrected chi connectivity index (χ1v) is 4.48. The van der Waals surface area contributed by atoms with E-state index >= 15 is 0 Å². The van der Waals surface area contributed by atoms with Crippen LogP contribution in [0.1, 0.15) is 18.0 Å². The van der Waals surface area contributed by atoms with Crippen LogP contribution in [0.3, 0.4) is 0 Å². The number of hydrogen-bond acceptors (Lipinski definition) is 2. The molecule has 0 aliphatic rings. The van der Waals surface area contributed by atoms with Gasteiger partial charge in [0.15, 0.2) is 0 Å². The van der Waals surface area contributed by atoms with Crippen LogP contribution in [0.4, 0.5) is 8.78 Å². The van der Waals surface area contributed by atoms with Gasteiger partial charge in [-0.3, -0.25) is 4.79 Å². The summed E-state index contributed by atoms with van der Waals surface area (Å²) in [5, 5.41) is -0.413. The molecule has 4 N–H and O–H groups in total. The molecule has 82 valence electrons. The molecule has 6 heteroatoms. The lowest BCUT2D eigenvalue weighted by Crippen LogP contribution is -2.22. The van der Waals surface area contributed by atoms with Crippen molar-refractivity contribution in [2.45, 2.75) is 12.5 Å². The lowest BCUT2D eigenvalue weighted by Gasteiger charge is -2.13. The molecule has 1 atom stereocenters. The Labute approximate surface area is 90.0 Å². The maximum Gasteiger partial charge on any atom is 0.219 e. The molecule has 1 rings (SSSR count). The number of hydrogen-bond donors (Lipinski definition) is 2. The zero-order valence-corrected chi connectivity index (χ0v) is 8.39. The van der Waals surface area contributed by atoms with Crippen LogP contribution < -0.4 is 11.5 Å². The Morgan fingerprint density at radius 3 is 2.47 bits per heavy atom. The molecule has 0 aliphatic carbocycles. The second-order valence-electron chi connectivity index (χ2n) is 3.03. The molecule has 0 spiro atoms. The number of benzene rings is 1. The molecular formula is C9H9ClF2N2O. The Morgan fingerprint density at radius 2 is 1.93 bits per heavy atom. The molecule has 1 aromatic rings. The monoisotopic (exact) mass is 234 g/mol. The quantitative estimate of drug-likeness (QED) is 0.778. The average Bonchev–Trinajstić information content (AvgIpc) is 2.11. The van der Waals surface area contributed by atoms with E-state index < -0.39 is 28.6 Å². The second kappa shape index (κ2) is 4.55. The van der Waals surface area contributed by atoms with Crippen molar-refractivity contribution in [2.75, 3.05) is 0 Å². The van der Waals surface area contributed by atoms with Gasteiger partial charge in [0.25, 0.3) is 0 Å². The first kappa shape index (κ1) is 11.9. The van der Waals surface area contributed by atoms with Gasteiger partial charge in [0.1, 0.15) is 11.6 Å². The van der Waals surface area contributed by atoms with Crippen molar-refractivity contribution >= 4 is 17.5 Å². The highest BCUT2D eigenvalue weighted by Crippen LogP contribution is 2.28. The van der Waals surface area contributed by atoms with Gasteiger partial charge >= 0.3 is 0 Å². The molecule has 0 saturated carbocycles. The summed E-state index contributed by atoms with van der Waals surface area (Å²) >= 11 is 5.53. The van der Waals surface area contributed by atoms with Gasteiger partial charge in [-0.05, 0) is 12.1 Å². The van der Waals surface area contributed by atoms with E-state index in [-0.39, 0.29) is 12.0 Å². The standard InChI is InChI=1S/C9H9ClF2N2O/c10-9-5(12)2-1-4(11)8(9)6(13)3-7(14)15/h1-2,6H,3,13H2,(H2,14,15). The number of primary amides is 1. The van der Waals surface area contributed by atoms with Crippen LogP contribution in [-0.4, -0.2) is 5.91 Å². The summed E-state index contributed by atoms with van der Waals surface area (Å²) in [5.41, 5.74) is 10.1. The van der Waals surface area contributed by atoms with Crippen LogP contribution in [0.2, 0.25) is 5.02 Å². The molecule has 1 aromatic carbocycles. The van der Waals surface area contributed by atoms with Crippen molar-refractivity contribution in [3.63, 3.8) is 0 Å². The molecule has 0 bridgehead atoms. The zero-order chi connectivity index (χ0) is 11.6. The Balaban J connectivity index is 3.12. The Kier molecular flexibility index (Phi) is 3.60. The Morgan fingerprint density at radius 1 is 1.40 bits per heavy atom. The fourth-order valence-corrected chi connectivity index (χ4v) is 1.49. The van der Waals surface area contributed by atoms with Crippen molar-refractivity contribution in [3.8, 4) is 0 Å². The van der Waals surface area contributed by atoms with Gasteiger partial charge in [-0.2, -0.15) is 0 Å². The number of rotatable bonds is 3. The van der Waals surface area contributed by atoms with E-state index in [1.807, 2.05) is 0 Å². The van der Waals surface area contributed by atoms with Crippen molar-refractivity contribution in [1.82, 2.24) is 0 Å². The van der Waals surface area contributed by atoms with Crippen LogP contribution in [-0.2, 0) is 4.79 Å². The molecule has 0 aromatic heterocycles. The summed E-state index contributed by atoms with van der Waals surface area (Å²) in [7, 11) is 0. The van der Waals surface area contributed by atoms with E-state index in [2.05, 4.69) is 0 Å². The summed E-state index contributed by atoms with van der Waals surface area (Å²) in [6.45, 7) is 0. The van der Waals surface area contributed by atoms with Crippen LogP contribution in [0.25, 0.3) is 0 Å². The maximum atomic E-state index is 13.2. The van der Waals surface area contributed by atoms with E-state index in [4.69, 9.17) is 23.1 Å². The highest BCUT2D eigenvalue weighted by molar-refractivity contribution is 6.31. The van der Waals surface area contributed by atoms with Crippen molar-refractivity contribution in [3.05, 3.63) is 34.4 Å². The van der Waals surface area contributed by atoms with Crippen LogP contribution >= 0.6 is 11.6 Å². The Hall–Kier alpha value is -1.20. The van der Waals surface area contributed by atoms with E-state index in [1.54, 1.807) is 0 Å². The van der Waals surface area contributed by atoms with Gasteiger partial charge in [0.05, 0.1) is 5.02 Å². The van der Waals surface area contributed by atoms with Crippen LogP contribution in [0, 0.1) is 11.6 Å². The molecule has 0 saturated heterocycles. The highest BCUT2D eigenvalue weighted by atomic mass is 35.5. The zero-order valence-electron chi connectivity index (χ0n) is 7.64. The van der Waals surface area contributed by atoms with Crippen molar-refractivity contribution in [2.24, 2.45) is 11.5 Å². The SMILES string of the molecule is NC(=O)CC(N)c1c(F)ccc(F)c1Cl. The van der Waals surface area contributed by atoms with Gasteiger partial charge in [0.2, 0.25) is 5.91 Å². The van der Waals surface area contributed by atoms with Crippen molar-refractivity contribution < 1.29 is 13.6 Å². The number of carbonyl (C=O) groups excluding carboxylic acids is 1. The molecule has 15 heavy (non-hydrogen) atoms. The van der Waals surface area contributed by atoms with Gasteiger partial charge in [-0.25, -0.2) is 8.78 Å². The van der Waals surface area contributed by atoms with Crippen LogP contribution in [0.15, 0.2) is 12.1 Å². The summed E-state index contributed by atoms with van der Waals surface area (Å²) in [6.07, 6.45) is -0.292. The minimum Gasteiger partial charge on any atom is -0.370 e. The first-order valence-electron chi connectivity index (χ1n) is 4.10. The molecule has 0 heterocycles. The predicted molar refractivity (Wildman–Crippen MR) is 52.1 cm³/mol. The molecule has 1 unspecified atom stereocenters. The minimum absolute atomic E-state index is 0.226. The molecule has 0 aliphatic heterocycles. The third-order valence-electron chi connectivity index (χ3n) is 1.87. The molecule has 0 radical (unpaired) electrons. The van der Waals surface area contributed by atoms with Gasteiger partial charge < -0.3 is 11.5 Å². The Bertz CT molecular complexity index is 398. The first-order chi connectivity index (χ1) is 6.93. The molecule has 0 fully saturated rings.